The lowest BCUT2D eigenvalue weighted by atomic mass is 10.1. The maximum absolute atomic E-state index is 13.6. The topological polar surface area (TPSA) is 114 Å². The van der Waals surface area contributed by atoms with Crippen molar-refractivity contribution < 1.29 is 34.6 Å². The van der Waals surface area contributed by atoms with Crippen molar-refractivity contribution in [2.75, 3.05) is 6.26 Å². The summed E-state index contributed by atoms with van der Waals surface area (Å²) in [6, 6.07) is 16.0. The molecule has 0 atom stereocenters. The van der Waals surface area contributed by atoms with Crippen molar-refractivity contribution in [3.63, 3.8) is 0 Å². The summed E-state index contributed by atoms with van der Waals surface area (Å²) in [4.78, 5) is 7.44. The van der Waals surface area contributed by atoms with Gasteiger partial charge in [-0.25, -0.2) is 18.4 Å². The summed E-state index contributed by atoms with van der Waals surface area (Å²) in [6.07, 6.45) is -3.97. The molecule has 0 amide bonds. The van der Waals surface area contributed by atoms with E-state index in [0.29, 0.717) is 21.8 Å². The van der Waals surface area contributed by atoms with Crippen LogP contribution in [0.4, 0.5) is 13.2 Å². The summed E-state index contributed by atoms with van der Waals surface area (Å²) in [6.45, 7) is 0. The van der Waals surface area contributed by atoms with Crippen LogP contribution in [0.25, 0.3) is 33.0 Å². The van der Waals surface area contributed by atoms with Gasteiger partial charge in [0.2, 0.25) is 5.82 Å². The van der Waals surface area contributed by atoms with Crippen LogP contribution < -0.4 is 0 Å². The van der Waals surface area contributed by atoms with Gasteiger partial charge in [0, 0.05) is 22.3 Å². The third-order valence-corrected chi connectivity index (χ3v) is 8.50. The minimum atomic E-state index is -4.96. The molecule has 0 aliphatic carbocycles. The molecule has 7 nitrogen and oxygen atoms in total. The van der Waals surface area contributed by atoms with Crippen LogP contribution >= 0.6 is 11.3 Å². The molecule has 0 saturated carbocycles. The van der Waals surface area contributed by atoms with Crippen molar-refractivity contribution in [1.29, 1.82) is 0 Å². The number of nitrogens with zero attached hydrogens (tertiary/aromatic N) is 2. The van der Waals surface area contributed by atoms with Crippen LogP contribution in [-0.4, -0.2) is 37.6 Å². The van der Waals surface area contributed by atoms with Gasteiger partial charge in [-0.3, -0.25) is 4.55 Å². The number of halogens is 3. The van der Waals surface area contributed by atoms with Crippen LogP contribution in [0.15, 0.2) is 75.8 Å². The largest absolute Gasteiger partial charge is 0.451 e. The zero-order valence-corrected chi connectivity index (χ0v) is 20.1. The molecular formula is C22H15F3N2O5S3. The van der Waals surface area contributed by atoms with Gasteiger partial charge in [-0.05, 0) is 29.8 Å². The lowest BCUT2D eigenvalue weighted by Crippen LogP contribution is -2.12. The summed E-state index contributed by atoms with van der Waals surface area (Å²) >= 11 is 0.688. The van der Waals surface area contributed by atoms with Gasteiger partial charge in [0.1, 0.15) is 0 Å². The average Bonchev–Trinajstić information content (AvgIpc) is 3.25. The number of benzene rings is 2. The summed E-state index contributed by atoms with van der Waals surface area (Å²) in [7, 11) is -8.34. The van der Waals surface area contributed by atoms with E-state index in [0.717, 1.165) is 12.3 Å². The Labute approximate surface area is 202 Å². The zero-order chi connectivity index (χ0) is 25.6. The first kappa shape index (κ1) is 25.0. The van der Waals surface area contributed by atoms with Gasteiger partial charge in [0.15, 0.2) is 14.0 Å². The zero-order valence-electron chi connectivity index (χ0n) is 17.7. The SMILES string of the molecule is CS(=O)(=O)c1ccc(-c2cc(-c3cc(-c4ccccc4)sc3S(=O)(=O)O)nc(C(F)(F)F)n2)cc1. The summed E-state index contributed by atoms with van der Waals surface area (Å²) in [5.74, 6) is -1.52. The first-order valence-corrected chi connectivity index (χ1v) is 13.8. The number of hydrogen-bond acceptors (Lipinski definition) is 7. The van der Waals surface area contributed by atoms with E-state index in [2.05, 4.69) is 9.97 Å². The molecule has 0 radical (unpaired) electrons. The molecule has 0 unspecified atom stereocenters. The van der Waals surface area contributed by atoms with E-state index in [1.165, 1.54) is 30.3 Å². The lowest BCUT2D eigenvalue weighted by molar-refractivity contribution is -0.144. The summed E-state index contributed by atoms with van der Waals surface area (Å²) in [5, 5.41) is 0. The van der Waals surface area contributed by atoms with Crippen LogP contribution in [0.1, 0.15) is 5.82 Å². The molecule has 2 heterocycles. The lowest BCUT2D eigenvalue weighted by Gasteiger charge is -2.11. The molecule has 0 fully saturated rings. The minimum Gasteiger partial charge on any atom is -0.281 e. The van der Waals surface area contributed by atoms with Gasteiger partial charge in [0.05, 0.1) is 16.3 Å². The molecule has 4 rings (SSSR count). The van der Waals surface area contributed by atoms with Crippen LogP contribution in [0, 0.1) is 0 Å². The van der Waals surface area contributed by atoms with Gasteiger partial charge in [-0.15, -0.1) is 11.3 Å². The van der Waals surface area contributed by atoms with E-state index < -0.39 is 36.2 Å². The van der Waals surface area contributed by atoms with E-state index in [1.807, 2.05) is 0 Å². The van der Waals surface area contributed by atoms with Gasteiger partial charge >= 0.3 is 16.3 Å². The van der Waals surface area contributed by atoms with Gasteiger partial charge in [-0.1, -0.05) is 42.5 Å². The van der Waals surface area contributed by atoms with Crippen molar-refractivity contribution in [3.8, 4) is 33.0 Å². The molecule has 182 valence electrons. The van der Waals surface area contributed by atoms with Gasteiger partial charge in [0.25, 0.3) is 0 Å². The fraction of sp³-hybridized carbons (Fsp3) is 0.0909. The highest BCUT2D eigenvalue weighted by Crippen LogP contribution is 2.41. The normalized spacial score (nSPS) is 12.6. The smallest absolute Gasteiger partial charge is 0.281 e. The van der Waals surface area contributed by atoms with Crippen molar-refractivity contribution in [2.45, 2.75) is 15.3 Å². The van der Waals surface area contributed by atoms with Crippen molar-refractivity contribution in [2.24, 2.45) is 0 Å². The molecule has 1 N–H and O–H groups in total. The Balaban J connectivity index is 1.95. The first-order chi connectivity index (χ1) is 16.2. The van der Waals surface area contributed by atoms with Gasteiger partial charge < -0.3 is 0 Å². The van der Waals surface area contributed by atoms with E-state index >= 15 is 0 Å². The molecule has 35 heavy (non-hydrogen) atoms. The van der Waals surface area contributed by atoms with Crippen molar-refractivity contribution in [1.82, 2.24) is 9.97 Å². The number of rotatable bonds is 5. The molecule has 0 aliphatic heterocycles. The van der Waals surface area contributed by atoms with Crippen molar-refractivity contribution in [3.05, 3.63) is 72.6 Å². The standard InChI is InChI=1S/C22H15F3N2O5S3/c1-34(28,29)15-9-7-13(8-10-15)17-12-18(27-21(26-17)22(23,24)25)16-11-19(14-5-3-2-4-6-14)33-20(16)35(30,31)32/h2-12H,1H3,(H,30,31,32). The monoisotopic (exact) mass is 540 g/mol. The predicted octanol–water partition coefficient (Wildman–Crippen LogP) is 5.21. The summed E-state index contributed by atoms with van der Waals surface area (Å²) in [5.41, 5.74) is -0.0660. The van der Waals surface area contributed by atoms with Crippen LogP contribution in [0.5, 0.6) is 0 Å². The van der Waals surface area contributed by atoms with Crippen LogP contribution in [-0.2, 0) is 26.1 Å². The Morgan fingerprint density at radius 3 is 1.97 bits per heavy atom. The average molecular weight is 541 g/mol. The Bertz CT molecular complexity index is 1620. The Morgan fingerprint density at radius 2 is 1.43 bits per heavy atom. The second-order valence-electron chi connectivity index (χ2n) is 7.41. The van der Waals surface area contributed by atoms with Crippen LogP contribution in [0.3, 0.4) is 0 Å². The number of hydrogen-bond donors (Lipinski definition) is 1. The third kappa shape index (κ3) is 5.42. The second kappa shape index (κ2) is 8.82. The van der Waals surface area contributed by atoms with E-state index in [-0.39, 0.29) is 27.4 Å². The first-order valence-electron chi connectivity index (χ1n) is 9.67. The molecule has 0 bridgehead atoms. The highest BCUT2D eigenvalue weighted by atomic mass is 32.3. The number of alkyl halides is 3. The minimum absolute atomic E-state index is 0.0365. The van der Waals surface area contributed by atoms with Crippen molar-refractivity contribution >= 4 is 31.3 Å². The Hall–Kier alpha value is -3.13. The van der Waals surface area contributed by atoms with E-state index in [4.69, 9.17) is 0 Å². The predicted molar refractivity (Wildman–Crippen MR) is 124 cm³/mol. The van der Waals surface area contributed by atoms with Crippen LogP contribution in [0.2, 0.25) is 0 Å². The molecule has 13 heteroatoms. The molecular weight excluding hydrogens is 525 g/mol. The van der Waals surface area contributed by atoms with Gasteiger partial charge in [-0.2, -0.15) is 21.6 Å². The molecule has 2 aromatic heterocycles. The Kier molecular flexibility index (Phi) is 6.30. The fourth-order valence-electron chi connectivity index (χ4n) is 3.22. The fourth-order valence-corrected chi connectivity index (χ4v) is 5.89. The Morgan fingerprint density at radius 1 is 0.829 bits per heavy atom. The molecule has 0 aliphatic rings. The highest BCUT2D eigenvalue weighted by Gasteiger charge is 2.36. The molecule has 4 aromatic rings. The maximum atomic E-state index is 13.6. The third-order valence-electron chi connectivity index (χ3n) is 4.82. The number of thiophene rings is 1. The molecule has 0 spiro atoms. The second-order valence-corrected chi connectivity index (χ2v) is 12.1. The van der Waals surface area contributed by atoms with E-state index in [1.54, 1.807) is 30.3 Å². The highest BCUT2D eigenvalue weighted by molar-refractivity contribution is 7.90. The quantitative estimate of drug-likeness (QED) is 0.346. The number of aromatic nitrogens is 2. The molecule has 0 saturated heterocycles. The molecule has 2 aromatic carbocycles. The number of sulfone groups is 1. The maximum Gasteiger partial charge on any atom is 0.451 e. The van der Waals surface area contributed by atoms with E-state index in [9.17, 15) is 34.6 Å². The summed E-state index contributed by atoms with van der Waals surface area (Å²) < 4.78 is 97.7.